The zero-order chi connectivity index (χ0) is 11.7. The summed E-state index contributed by atoms with van der Waals surface area (Å²) >= 11 is 5.42. The van der Waals surface area contributed by atoms with E-state index in [1.165, 1.54) is 4.31 Å². The van der Waals surface area contributed by atoms with Crippen molar-refractivity contribution in [1.29, 1.82) is 0 Å². The van der Waals surface area contributed by atoms with Crippen molar-refractivity contribution in [2.45, 2.75) is 26.9 Å². The van der Waals surface area contributed by atoms with Crippen LogP contribution in [-0.2, 0) is 14.8 Å². The summed E-state index contributed by atoms with van der Waals surface area (Å²) in [5.41, 5.74) is -0.0551. The second-order valence-electron chi connectivity index (χ2n) is 4.80. The molecule has 0 spiro atoms. The average Bonchev–Trinajstić information content (AvgIpc) is 2.17. The average molecular weight is 256 g/mol. The first-order chi connectivity index (χ1) is 6.77. The zero-order valence-corrected chi connectivity index (χ0v) is 10.9. The van der Waals surface area contributed by atoms with Crippen LogP contribution in [0.15, 0.2) is 0 Å². The Labute approximate surface area is 96.6 Å². The fourth-order valence-corrected chi connectivity index (χ4v) is 2.74. The number of sulfonamides is 1. The predicted octanol–water partition coefficient (Wildman–Crippen LogP) is 1.26. The Morgan fingerprint density at radius 3 is 2.53 bits per heavy atom. The van der Waals surface area contributed by atoms with Gasteiger partial charge in [0, 0.05) is 13.1 Å². The van der Waals surface area contributed by atoms with Crippen molar-refractivity contribution in [3.63, 3.8) is 0 Å². The summed E-state index contributed by atoms with van der Waals surface area (Å²) < 4.78 is 30.1. The van der Waals surface area contributed by atoms with Crippen molar-refractivity contribution >= 4 is 21.6 Å². The Bertz CT molecular complexity index is 310. The molecule has 1 fully saturated rings. The molecular formula is C9H18ClNO3S. The summed E-state index contributed by atoms with van der Waals surface area (Å²) in [4.78, 5) is 0. The van der Waals surface area contributed by atoms with Crippen molar-refractivity contribution in [2.24, 2.45) is 5.41 Å². The van der Waals surface area contributed by atoms with Gasteiger partial charge in [-0.1, -0.05) is 20.8 Å². The Morgan fingerprint density at radius 2 is 2.07 bits per heavy atom. The van der Waals surface area contributed by atoms with Gasteiger partial charge in [0.15, 0.2) is 0 Å². The van der Waals surface area contributed by atoms with Crippen LogP contribution in [0, 0.1) is 5.41 Å². The second kappa shape index (κ2) is 4.57. The fourth-order valence-electron chi connectivity index (χ4n) is 1.47. The molecule has 0 aromatic carbocycles. The van der Waals surface area contributed by atoms with E-state index in [0.717, 1.165) is 0 Å². The van der Waals surface area contributed by atoms with Crippen LogP contribution in [0.25, 0.3) is 0 Å². The lowest BCUT2D eigenvalue weighted by Gasteiger charge is -2.38. The van der Waals surface area contributed by atoms with Crippen LogP contribution in [0.5, 0.6) is 0 Å². The van der Waals surface area contributed by atoms with E-state index < -0.39 is 10.0 Å². The maximum absolute atomic E-state index is 11.6. The Kier molecular flexibility index (Phi) is 4.03. The third-order valence-electron chi connectivity index (χ3n) is 2.53. The van der Waals surface area contributed by atoms with Gasteiger partial charge in [-0.05, 0) is 5.41 Å². The Hall–Kier alpha value is 0.160. The minimum atomic E-state index is -3.30. The molecule has 1 aliphatic rings. The lowest BCUT2D eigenvalue weighted by Crippen LogP contribution is -2.50. The molecule has 15 heavy (non-hydrogen) atoms. The molecule has 90 valence electrons. The van der Waals surface area contributed by atoms with Gasteiger partial charge in [0.2, 0.25) is 10.0 Å². The van der Waals surface area contributed by atoms with Crippen molar-refractivity contribution in [2.75, 3.05) is 24.9 Å². The van der Waals surface area contributed by atoms with Crippen LogP contribution in [0.4, 0.5) is 0 Å². The van der Waals surface area contributed by atoms with E-state index in [0.29, 0.717) is 19.7 Å². The topological polar surface area (TPSA) is 46.6 Å². The highest BCUT2D eigenvalue weighted by Gasteiger charge is 2.34. The number of rotatable bonds is 2. The second-order valence-corrected chi connectivity index (χ2v) is 7.36. The highest BCUT2D eigenvalue weighted by atomic mass is 35.5. The van der Waals surface area contributed by atoms with Gasteiger partial charge in [0.1, 0.15) is 5.21 Å². The Balaban J connectivity index is 2.73. The molecule has 1 heterocycles. The number of nitrogens with zero attached hydrogens (tertiary/aromatic N) is 1. The van der Waals surface area contributed by atoms with E-state index in [4.69, 9.17) is 16.3 Å². The van der Waals surface area contributed by atoms with Gasteiger partial charge in [-0.25, -0.2) is 8.42 Å². The molecule has 0 aliphatic carbocycles. The summed E-state index contributed by atoms with van der Waals surface area (Å²) in [5, 5.41) is -0.357. The third kappa shape index (κ3) is 3.31. The molecule has 0 saturated carbocycles. The number of alkyl halides is 1. The number of hydrogen-bond acceptors (Lipinski definition) is 3. The van der Waals surface area contributed by atoms with E-state index in [1.807, 2.05) is 20.8 Å². The predicted molar refractivity (Wildman–Crippen MR) is 60.4 cm³/mol. The molecule has 0 aromatic heterocycles. The van der Waals surface area contributed by atoms with Gasteiger partial charge in [-0.2, -0.15) is 4.31 Å². The van der Waals surface area contributed by atoms with Crippen LogP contribution in [0.1, 0.15) is 20.8 Å². The molecule has 0 radical (unpaired) electrons. The van der Waals surface area contributed by atoms with Crippen LogP contribution in [-0.4, -0.2) is 43.7 Å². The van der Waals surface area contributed by atoms with E-state index in [1.54, 1.807) is 0 Å². The van der Waals surface area contributed by atoms with Crippen molar-refractivity contribution in [1.82, 2.24) is 4.31 Å². The van der Waals surface area contributed by atoms with Crippen LogP contribution in [0.2, 0.25) is 0 Å². The fraction of sp³-hybridized carbons (Fsp3) is 1.00. The molecule has 1 atom stereocenters. The van der Waals surface area contributed by atoms with Crippen molar-refractivity contribution in [3.05, 3.63) is 0 Å². The van der Waals surface area contributed by atoms with Gasteiger partial charge in [-0.3, -0.25) is 0 Å². The maximum Gasteiger partial charge on any atom is 0.228 e. The van der Waals surface area contributed by atoms with E-state index >= 15 is 0 Å². The minimum Gasteiger partial charge on any atom is -0.375 e. The monoisotopic (exact) mass is 255 g/mol. The smallest absolute Gasteiger partial charge is 0.228 e. The molecule has 0 bridgehead atoms. The summed E-state index contributed by atoms with van der Waals surface area (Å²) in [5.74, 6) is 0. The maximum atomic E-state index is 11.6. The third-order valence-corrected chi connectivity index (χ3v) is 4.75. The molecule has 1 rings (SSSR count). The molecule has 1 saturated heterocycles. The number of ether oxygens (including phenoxy) is 1. The first-order valence-corrected chi connectivity index (χ1v) is 7.07. The number of hydrogen-bond donors (Lipinski definition) is 0. The van der Waals surface area contributed by atoms with Crippen molar-refractivity contribution in [3.8, 4) is 0 Å². The standard InChI is InChI=1S/C9H18ClNO3S/c1-9(2,3)8-6-11(4-5-14-8)15(12,13)7-10/h8H,4-7H2,1-3H3. The van der Waals surface area contributed by atoms with E-state index in [2.05, 4.69) is 0 Å². The lowest BCUT2D eigenvalue weighted by atomic mass is 9.88. The molecule has 6 heteroatoms. The SMILES string of the molecule is CC(C)(C)C1CN(S(=O)(=O)CCl)CCO1. The minimum absolute atomic E-state index is 0.0551. The van der Waals surface area contributed by atoms with Gasteiger partial charge < -0.3 is 4.74 Å². The molecule has 0 aromatic rings. The summed E-state index contributed by atoms with van der Waals surface area (Å²) in [7, 11) is -3.30. The van der Waals surface area contributed by atoms with E-state index in [-0.39, 0.29) is 16.7 Å². The van der Waals surface area contributed by atoms with E-state index in [9.17, 15) is 8.42 Å². The number of halogens is 1. The number of morpholine rings is 1. The van der Waals surface area contributed by atoms with Crippen LogP contribution in [0.3, 0.4) is 0 Å². The first-order valence-electron chi connectivity index (χ1n) is 4.93. The molecule has 0 amide bonds. The van der Waals surface area contributed by atoms with Crippen LogP contribution >= 0.6 is 11.6 Å². The molecule has 1 unspecified atom stereocenters. The quantitative estimate of drug-likeness (QED) is 0.698. The summed E-state index contributed by atoms with van der Waals surface area (Å²) in [6.07, 6.45) is -0.0655. The van der Waals surface area contributed by atoms with Gasteiger partial charge in [-0.15, -0.1) is 11.6 Å². The normalized spacial score (nSPS) is 25.5. The molecule has 1 aliphatic heterocycles. The highest BCUT2D eigenvalue weighted by Crippen LogP contribution is 2.26. The molecule has 0 N–H and O–H groups in total. The van der Waals surface area contributed by atoms with Crippen LogP contribution < -0.4 is 0 Å². The van der Waals surface area contributed by atoms with Gasteiger partial charge in [0.25, 0.3) is 0 Å². The lowest BCUT2D eigenvalue weighted by molar-refractivity contribution is -0.0590. The zero-order valence-electron chi connectivity index (χ0n) is 9.36. The molecular weight excluding hydrogens is 238 g/mol. The summed E-state index contributed by atoms with van der Waals surface area (Å²) in [6, 6.07) is 0. The largest absolute Gasteiger partial charge is 0.375 e. The molecule has 4 nitrogen and oxygen atoms in total. The van der Waals surface area contributed by atoms with Gasteiger partial charge >= 0.3 is 0 Å². The summed E-state index contributed by atoms with van der Waals surface area (Å²) in [6.45, 7) is 7.36. The van der Waals surface area contributed by atoms with Crippen molar-refractivity contribution < 1.29 is 13.2 Å². The first kappa shape index (κ1) is 13.2. The Morgan fingerprint density at radius 1 is 1.47 bits per heavy atom. The van der Waals surface area contributed by atoms with Gasteiger partial charge in [0.05, 0.1) is 12.7 Å². The highest BCUT2D eigenvalue weighted by molar-refractivity contribution is 7.90.